The smallest absolute Gasteiger partial charge is 0.325 e. The lowest BCUT2D eigenvalue weighted by molar-refractivity contribution is -0.123. The summed E-state index contributed by atoms with van der Waals surface area (Å²) >= 11 is 0. The minimum absolute atomic E-state index is 0.221. The lowest BCUT2D eigenvalue weighted by Gasteiger charge is -2.20. The van der Waals surface area contributed by atoms with E-state index in [2.05, 4.69) is 10.6 Å². The molecule has 3 N–H and O–H groups in total. The molecule has 0 aromatic carbocycles. The molecular formula is C6H8N2O3. The molecule has 0 aliphatic carbocycles. The molecule has 0 aromatic heterocycles. The Morgan fingerprint density at radius 2 is 2.09 bits per heavy atom. The number of imide groups is 1. The van der Waals surface area contributed by atoms with Crippen molar-refractivity contribution in [2.45, 2.75) is 6.92 Å². The van der Waals surface area contributed by atoms with E-state index in [-0.39, 0.29) is 5.70 Å². The summed E-state index contributed by atoms with van der Waals surface area (Å²) in [6.45, 7) is 1.58. The molecule has 60 valence electrons. The van der Waals surface area contributed by atoms with Gasteiger partial charge in [0.2, 0.25) is 5.91 Å². The number of rotatable bonds is 0. The quantitative estimate of drug-likeness (QED) is 0.427. The molecule has 1 saturated heterocycles. The van der Waals surface area contributed by atoms with Gasteiger partial charge in [-0.25, -0.2) is 4.79 Å². The highest BCUT2D eigenvalue weighted by Crippen LogP contribution is 2.09. The average molecular weight is 156 g/mol. The number of carbonyl (C=O) groups is 2. The van der Waals surface area contributed by atoms with E-state index in [0.717, 1.165) is 6.26 Å². The van der Waals surface area contributed by atoms with Crippen molar-refractivity contribution in [3.05, 3.63) is 12.0 Å². The fraction of sp³-hybridized carbons (Fsp3) is 0.333. The third-order valence-corrected chi connectivity index (χ3v) is 1.49. The van der Waals surface area contributed by atoms with E-state index in [4.69, 9.17) is 5.11 Å². The maximum Gasteiger partial charge on any atom is 0.325 e. The Kier molecular flexibility index (Phi) is 1.80. The van der Waals surface area contributed by atoms with Gasteiger partial charge in [-0.15, -0.1) is 0 Å². The van der Waals surface area contributed by atoms with Crippen molar-refractivity contribution in [2.24, 2.45) is 5.92 Å². The van der Waals surface area contributed by atoms with Gasteiger partial charge in [-0.1, -0.05) is 0 Å². The first-order valence-corrected chi connectivity index (χ1v) is 3.11. The number of aliphatic hydroxyl groups excluding tert-OH is 1. The Hall–Kier alpha value is -1.52. The van der Waals surface area contributed by atoms with Crippen LogP contribution in [0.5, 0.6) is 0 Å². The number of hydrogen-bond donors (Lipinski definition) is 3. The molecule has 1 fully saturated rings. The number of aliphatic hydroxyl groups is 1. The van der Waals surface area contributed by atoms with E-state index in [9.17, 15) is 9.59 Å². The fourth-order valence-electron chi connectivity index (χ4n) is 0.776. The molecule has 5 nitrogen and oxygen atoms in total. The molecule has 0 radical (unpaired) electrons. The molecule has 3 amide bonds. The van der Waals surface area contributed by atoms with Crippen LogP contribution in [0.1, 0.15) is 6.92 Å². The van der Waals surface area contributed by atoms with Gasteiger partial charge < -0.3 is 10.4 Å². The summed E-state index contributed by atoms with van der Waals surface area (Å²) in [6, 6.07) is -0.603. The predicted molar refractivity (Wildman–Crippen MR) is 36.6 cm³/mol. The van der Waals surface area contributed by atoms with Crippen molar-refractivity contribution in [1.29, 1.82) is 0 Å². The third kappa shape index (κ3) is 1.31. The van der Waals surface area contributed by atoms with E-state index < -0.39 is 17.9 Å². The summed E-state index contributed by atoms with van der Waals surface area (Å²) in [5.74, 6) is -0.910. The van der Waals surface area contributed by atoms with Crippen LogP contribution in [0, 0.1) is 5.92 Å². The van der Waals surface area contributed by atoms with Gasteiger partial charge >= 0.3 is 6.03 Å². The van der Waals surface area contributed by atoms with Gasteiger partial charge in [0.05, 0.1) is 17.9 Å². The second-order valence-corrected chi connectivity index (χ2v) is 2.25. The molecule has 1 unspecified atom stereocenters. The zero-order valence-corrected chi connectivity index (χ0v) is 5.92. The summed E-state index contributed by atoms with van der Waals surface area (Å²) in [4.78, 5) is 21.4. The van der Waals surface area contributed by atoms with Gasteiger partial charge in [0.25, 0.3) is 0 Å². The normalized spacial score (nSPS) is 28.1. The second-order valence-electron chi connectivity index (χ2n) is 2.25. The molecule has 1 heterocycles. The lowest BCUT2D eigenvalue weighted by atomic mass is 10.1. The first-order chi connectivity index (χ1) is 5.15. The number of carbonyl (C=O) groups excluding carboxylic acids is 2. The van der Waals surface area contributed by atoms with Crippen LogP contribution in [0.15, 0.2) is 12.0 Å². The fourth-order valence-corrected chi connectivity index (χ4v) is 0.776. The summed E-state index contributed by atoms with van der Waals surface area (Å²) in [7, 11) is 0. The number of amides is 3. The number of hydrogen-bond acceptors (Lipinski definition) is 3. The highest BCUT2D eigenvalue weighted by atomic mass is 16.2. The molecule has 1 aliphatic heterocycles. The zero-order chi connectivity index (χ0) is 8.43. The van der Waals surface area contributed by atoms with Crippen molar-refractivity contribution in [3.63, 3.8) is 0 Å². The Balaban J connectivity index is 2.83. The Bertz CT molecular complexity index is 234. The first-order valence-electron chi connectivity index (χ1n) is 3.11. The second kappa shape index (κ2) is 2.61. The highest BCUT2D eigenvalue weighted by Gasteiger charge is 2.26. The van der Waals surface area contributed by atoms with E-state index >= 15 is 0 Å². The molecule has 0 saturated carbocycles. The van der Waals surface area contributed by atoms with Crippen LogP contribution in [0.3, 0.4) is 0 Å². The zero-order valence-electron chi connectivity index (χ0n) is 5.92. The van der Waals surface area contributed by atoms with Crippen LogP contribution in [-0.4, -0.2) is 17.0 Å². The van der Waals surface area contributed by atoms with Crippen LogP contribution in [0.2, 0.25) is 0 Å². The first kappa shape index (κ1) is 7.59. The van der Waals surface area contributed by atoms with Gasteiger partial charge in [-0.05, 0) is 6.92 Å². The topological polar surface area (TPSA) is 78.4 Å². The van der Waals surface area contributed by atoms with E-state index in [0.29, 0.717) is 0 Å². The SMILES string of the molecule is CC1C(=O)NC(=O)N/C1=C/O. The Morgan fingerprint density at radius 3 is 2.64 bits per heavy atom. The molecule has 0 aromatic rings. The number of nitrogens with one attached hydrogen (secondary N) is 2. The lowest BCUT2D eigenvalue weighted by Crippen LogP contribution is -2.49. The van der Waals surface area contributed by atoms with E-state index in [1.54, 1.807) is 6.92 Å². The van der Waals surface area contributed by atoms with Crippen LogP contribution in [0.25, 0.3) is 0 Å². The predicted octanol–water partition coefficient (Wildman–Crippen LogP) is -0.139. The maximum atomic E-state index is 10.8. The molecule has 1 aliphatic rings. The summed E-state index contributed by atoms with van der Waals surface area (Å²) in [5, 5.41) is 12.9. The van der Waals surface area contributed by atoms with Crippen LogP contribution >= 0.6 is 0 Å². The molecule has 11 heavy (non-hydrogen) atoms. The molecule has 0 bridgehead atoms. The van der Waals surface area contributed by atoms with E-state index in [1.165, 1.54) is 0 Å². The standard InChI is InChI=1S/C6H8N2O3/c1-3-4(2-9)7-6(11)8-5(3)10/h2-3,9H,1H3,(H2,7,8,10,11)/b4-2+. The summed E-state index contributed by atoms with van der Waals surface area (Å²) < 4.78 is 0. The van der Waals surface area contributed by atoms with Gasteiger partial charge in [0, 0.05) is 0 Å². The summed E-state index contributed by atoms with van der Waals surface area (Å²) in [5.41, 5.74) is 0.221. The average Bonchev–Trinajstić information content (AvgIpc) is 1.96. The van der Waals surface area contributed by atoms with Crippen molar-refractivity contribution in [2.75, 3.05) is 0 Å². The monoisotopic (exact) mass is 156 g/mol. The minimum atomic E-state index is -0.603. The third-order valence-electron chi connectivity index (χ3n) is 1.49. The van der Waals surface area contributed by atoms with Gasteiger partial charge in [-0.2, -0.15) is 0 Å². The van der Waals surface area contributed by atoms with Crippen molar-refractivity contribution in [3.8, 4) is 0 Å². The molecular weight excluding hydrogens is 148 g/mol. The van der Waals surface area contributed by atoms with Crippen molar-refractivity contribution < 1.29 is 14.7 Å². The minimum Gasteiger partial charge on any atom is -0.514 e. The van der Waals surface area contributed by atoms with E-state index in [1.807, 2.05) is 0 Å². The van der Waals surface area contributed by atoms with Crippen molar-refractivity contribution in [1.82, 2.24) is 10.6 Å². The molecule has 1 rings (SSSR count). The largest absolute Gasteiger partial charge is 0.514 e. The molecule has 0 spiro atoms. The van der Waals surface area contributed by atoms with Crippen molar-refractivity contribution >= 4 is 11.9 Å². The summed E-state index contributed by atoms with van der Waals surface area (Å²) in [6.07, 6.45) is 0.724. The Labute approximate surface area is 63.1 Å². The van der Waals surface area contributed by atoms with Crippen LogP contribution in [0.4, 0.5) is 4.79 Å². The number of urea groups is 1. The van der Waals surface area contributed by atoms with Gasteiger partial charge in [0.1, 0.15) is 0 Å². The van der Waals surface area contributed by atoms with Gasteiger partial charge in [-0.3, -0.25) is 10.1 Å². The van der Waals surface area contributed by atoms with Crippen LogP contribution < -0.4 is 10.6 Å². The Morgan fingerprint density at radius 1 is 1.45 bits per heavy atom. The van der Waals surface area contributed by atoms with Crippen LogP contribution in [-0.2, 0) is 4.79 Å². The van der Waals surface area contributed by atoms with Gasteiger partial charge in [0.15, 0.2) is 0 Å². The molecule has 5 heteroatoms. The maximum absolute atomic E-state index is 10.8. The highest BCUT2D eigenvalue weighted by molar-refractivity contribution is 6.00. The molecule has 1 atom stereocenters.